The molecule has 2 aromatic carbocycles. The summed E-state index contributed by atoms with van der Waals surface area (Å²) in [6.07, 6.45) is -4.48. The van der Waals surface area contributed by atoms with Crippen LogP contribution in [-0.4, -0.2) is 47.8 Å². The van der Waals surface area contributed by atoms with Crippen LogP contribution >= 0.6 is 0 Å². The van der Waals surface area contributed by atoms with Gasteiger partial charge in [-0.25, -0.2) is 8.78 Å². The summed E-state index contributed by atoms with van der Waals surface area (Å²) < 4.78 is 64.3. The number of amides is 2. The number of benzene rings is 2. The predicted molar refractivity (Wildman–Crippen MR) is 97.2 cm³/mol. The van der Waals surface area contributed by atoms with Gasteiger partial charge in [-0.15, -0.1) is 0 Å². The number of carbonyl (C=O) groups excluding carboxylic acids is 2. The summed E-state index contributed by atoms with van der Waals surface area (Å²) in [5.41, 5.74) is -0.833. The van der Waals surface area contributed by atoms with E-state index in [0.717, 1.165) is 36.4 Å². The lowest BCUT2D eigenvalue weighted by atomic mass is 10.1. The molecule has 0 atom stereocenters. The summed E-state index contributed by atoms with van der Waals surface area (Å²) in [6, 6.07) is 6.75. The number of hydrogen-bond acceptors (Lipinski definition) is 2. The van der Waals surface area contributed by atoms with Crippen molar-refractivity contribution in [2.24, 2.45) is 0 Å². The Labute approximate surface area is 168 Å². The molecule has 30 heavy (non-hydrogen) atoms. The van der Waals surface area contributed by atoms with E-state index in [4.69, 9.17) is 0 Å². The maximum atomic E-state index is 13.6. The van der Waals surface area contributed by atoms with E-state index >= 15 is 0 Å². The third-order valence-electron chi connectivity index (χ3n) is 4.55. The van der Waals surface area contributed by atoms with Gasteiger partial charge in [0, 0.05) is 43.7 Å². The van der Waals surface area contributed by atoms with Gasteiger partial charge >= 0.3 is 6.18 Å². The lowest BCUT2D eigenvalue weighted by Crippen LogP contribution is -2.50. The summed E-state index contributed by atoms with van der Waals surface area (Å²) in [4.78, 5) is 27.4. The Morgan fingerprint density at radius 3 is 2.03 bits per heavy atom. The molecule has 0 radical (unpaired) electrons. The van der Waals surface area contributed by atoms with Gasteiger partial charge in [-0.3, -0.25) is 9.59 Å². The summed E-state index contributed by atoms with van der Waals surface area (Å²) in [6.45, 7) is 0.702. The fourth-order valence-electron chi connectivity index (χ4n) is 2.89. The van der Waals surface area contributed by atoms with E-state index in [0.29, 0.717) is 6.07 Å². The first-order valence-corrected chi connectivity index (χ1v) is 8.87. The normalized spacial score (nSPS) is 14.2. The van der Waals surface area contributed by atoms with E-state index < -0.39 is 35.2 Å². The van der Waals surface area contributed by atoms with Gasteiger partial charge in [0.25, 0.3) is 11.8 Å². The largest absolute Gasteiger partial charge is 0.416 e. The monoisotopic (exact) mass is 422 g/mol. The molecule has 0 unspecified atom stereocenters. The minimum atomic E-state index is -4.48. The van der Waals surface area contributed by atoms with Gasteiger partial charge in [0.05, 0.1) is 11.1 Å². The van der Waals surface area contributed by atoms with Crippen molar-refractivity contribution in [3.05, 3.63) is 70.8 Å². The molecule has 2 aromatic rings. The number of rotatable bonds is 1. The predicted octanol–water partition coefficient (Wildman–Crippen LogP) is 3.32. The van der Waals surface area contributed by atoms with Gasteiger partial charge < -0.3 is 9.80 Å². The van der Waals surface area contributed by atoms with Crippen LogP contribution in [0.5, 0.6) is 0 Å². The van der Waals surface area contributed by atoms with Crippen LogP contribution in [-0.2, 0) is 11.0 Å². The van der Waals surface area contributed by atoms with Gasteiger partial charge in [0.1, 0.15) is 11.6 Å². The SMILES string of the molecule is O=C(C#Cc1ccc(F)cc1F)N1CCN(C(=O)c2ccc(C(F)(F)F)cc2)CC1. The number of halogens is 5. The summed E-state index contributed by atoms with van der Waals surface area (Å²) in [7, 11) is 0. The van der Waals surface area contributed by atoms with Gasteiger partial charge in [0.15, 0.2) is 0 Å². The summed E-state index contributed by atoms with van der Waals surface area (Å²) >= 11 is 0. The standard InChI is InChI=1S/C21H15F5N2O2/c22-17-7-3-14(18(23)13-17)4-8-19(29)27-9-11-28(12-10-27)20(30)15-1-5-16(6-2-15)21(24,25)26/h1-3,5-7,13H,9-12H2. The highest BCUT2D eigenvalue weighted by atomic mass is 19.4. The van der Waals surface area contributed by atoms with Gasteiger partial charge in [-0.05, 0) is 36.4 Å². The Kier molecular flexibility index (Phi) is 6.06. The van der Waals surface area contributed by atoms with Gasteiger partial charge in [-0.1, -0.05) is 5.92 Å². The highest BCUT2D eigenvalue weighted by Crippen LogP contribution is 2.29. The lowest BCUT2D eigenvalue weighted by Gasteiger charge is -2.33. The second-order valence-corrected chi connectivity index (χ2v) is 6.53. The number of hydrogen-bond donors (Lipinski definition) is 0. The number of nitrogens with zero attached hydrogens (tertiary/aromatic N) is 2. The van der Waals surface area contributed by atoms with Crippen molar-refractivity contribution in [2.75, 3.05) is 26.2 Å². The number of alkyl halides is 3. The van der Waals surface area contributed by atoms with Crippen LogP contribution in [0.2, 0.25) is 0 Å². The fraction of sp³-hybridized carbons (Fsp3) is 0.238. The zero-order valence-corrected chi connectivity index (χ0v) is 15.5. The third kappa shape index (κ3) is 4.95. The average molecular weight is 422 g/mol. The Bertz CT molecular complexity index is 1010. The molecule has 1 fully saturated rings. The minimum absolute atomic E-state index is 0.110. The van der Waals surface area contributed by atoms with Crippen molar-refractivity contribution >= 4 is 11.8 Å². The first-order chi connectivity index (χ1) is 14.1. The first kappa shape index (κ1) is 21.3. The van der Waals surface area contributed by atoms with E-state index in [-0.39, 0.29) is 37.3 Å². The smallest absolute Gasteiger partial charge is 0.335 e. The van der Waals surface area contributed by atoms with E-state index in [2.05, 4.69) is 11.8 Å². The van der Waals surface area contributed by atoms with Crippen LogP contribution in [0.4, 0.5) is 22.0 Å². The molecule has 3 rings (SSSR count). The molecule has 156 valence electrons. The Balaban J connectivity index is 1.58. The second-order valence-electron chi connectivity index (χ2n) is 6.53. The van der Waals surface area contributed by atoms with Crippen LogP contribution in [0.15, 0.2) is 42.5 Å². The summed E-state index contributed by atoms with van der Waals surface area (Å²) in [5.74, 6) is 2.02. The van der Waals surface area contributed by atoms with Crippen molar-refractivity contribution in [1.29, 1.82) is 0 Å². The van der Waals surface area contributed by atoms with Crippen molar-refractivity contribution in [3.8, 4) is 11.8 Å². The number of carbonyl (C=O) groups is 2. The maximum absolute atomic E-state index is 13.6. The lowest BCUT2D eigenvalue weighted by molar-refractivity contribution is -0.137. The zero-order chi connectivity index (χ0) is 21.9. The molecule has 0 bridgehead atoms. The Morgan fingerprint density at radius 2 is 1.47 bits per heavy atom. The first-order valence-electron chi connectivity index (χ1n) is 8.87. The highest BCUT2D eigenvalue weighted by molar-refractivity contribution is 5.96. The topological polar surface area (TPSA) is 40.6 Å². The number of piperazine rings is 1. The molecule has 9 heteroatoms. The second kappa shape index (κ2) is 8.53. The van der Waals surface area contributed by atoms with Crippen LogP contribution in [0, 0.1) is 23.5 Å². The van der Waals surface area contributed by atoms with Crippen molar-refractivity contribution in [3.63, 3.8) is 0 Å². The minimum Gasteiger partial charge on any atom is -0.335 e. The van der Waals surface area contributed by atoms with E-state index in [1.807, 2.05) is 0 Å². The van der Waals surface area contributed by atoms with Crippen molar-refractivity contribution in [1.82, 2.24) is 9.80 Å². The van der Waals surface area contributed by atoms with E-state index in [1.54, 1.807) is 0 Å². The molecule has 1 aliphatic rings. The molecule has 1 heterocycles. The summed E-state index contributed by atoms with van der Waals surface area (Å²) in [5, 5.41) is 0. The molecular weight excluding hydrogens is 407 g/mol. The third-order valence-corrected chi connectivity index (χ3v) is 4.55. The molecular formula is C21H15F5N2O2. The van der Waals surface area contributed by atoms with Crippen molar-refractivity contribution in [2.45, 2.75) is 6.18 Å². The Morgan fingerprint density at radius 1 is 0.867 bits per heavy atom. The molecule has 0 N–H and O–H groups in total. The van der Waals surface area contributed by atoms with Crippen molar-refractivity contribution < 1.29 is 31.5 Å². The van der Waals surface area contributed by atoms with E-state index in [1.165, 1.54) is 9.80 Å². The average Bonchev–Trinajstić information content (AvgIpc) is 2.72. The van der Waals surface area contributed by atoms with Crippen LogP contribution in [0.3, 0.4) is 0 Å². The fourth-order valence-corrected chi connectivity index (χ4v) is 2.89. The van der Waals surface area contributed by atoms with Gasteiger partial charge in [-0.2, -0.15) is 13.2 Å². The molecule has 0 aromatic heterocycles. The van der Waals surface area contributed by atoms with Crippen LogP contribution in [0.25, 0.3) is 0 Å². The van der Waals surface area contributed by atoms with Crippen LogP contribution < -0.4 is 0 Å². The Hall–Kier alpha value is -3.41. The molecule has 0 saturated carbocycles. The molecule has 1 aliphatic heterocycles. The van der Waals surface area contributed by atoms with Gasteiger partial charge in [0.2, 0.25) is 0 Å². The quantitative estimate of drug-likeness (QED) is 0.523. The molecule has 2 amide bonds. The molecule has 4 nitrogen and oxygen atoms in total. The molecule has 1 saturated heterocycles. The molecule has 0 aliphatic carbocycles. The van der Waals surface area contributed by atoms with Crippen LogP contribution in [0.1, 0.15) is 21.5 Å². The zero-order valence-electron chi connectivity index (χ0n) is 15.5. The van der Waals surface area contributed by atoms with E-state index in [9.17, 15) is 31.5 Å². The highest BCUT2D eigenvalue weighted by Gasteiger charge is 2.31. The molecule has 0 spiro atoms. The maximum Gasteiger partial charge on any atom is 0.416 e.